The number of nitrogens with one attached hydrogen (secondary N) is 2. The van der Waals surface area contributed by atoms with Crippen molar-refractivity contribution >= 4 is 12.0 Å². The summed E-state index contributed by atoms with van der Waals surface area (Å²) in [6.45, 7) is 1.17. The predicted octanol–water partition coefficient (Wildman–Crippen LogP) is 1.49. The van der Waals surface area contributed by atoms with Crippen LogP contribution in [0.3, 0.4) is 0 Å². The van der Waals surface area contributed by atoms with Gasteiger partial charge < -0.3 is 15.7 Å². The van der Waals surface area contributed by atoms with Crippen LogP contribution in [0.1, 0.15) is 26.2 Å². The molecule has 0 aromatic rings. The van der Waals surface area contributed by atoms with E-state index in [1.807, 2.05) is 0 Å². The summed E-state index contributed by atoms with van der Waals surface area (Å²) in [5.41, 5.74) is -0.926. The summed E-state index contributed by atoms with van der Waals surface area (Å²) in [5, 5.41) is 13.2. The molecule has 0 spiro atoms. The fourth-order valence-electron chi connectivity index (χ4n) is 1.54. The van der Waals surface area contributed by atoms with E-state index in [0.717, 1.165) is 0 Å². The van der Waals surface area contributed by atoms with E-state index in [1.165, 1.54) is 6.92 Å². The largest absolute Gasteiger partial charge is 0.481 e. The summed E-state index contributed by atoms with van der Waals surface area (Å²) in [6.07, 6.45) is -4.52. The van der Waals surface area contributed by atoms with Gasteiger partial charge in [0.05, 0.1) is 11.8 Å². The monoisotopic (exact) mass is 268 g/mol. The highest BCUT2D eigenvalue weighted by Crippen LogP contribution is 2.45. The first-order chi connectivity index (χ1) is 8.15. The van der Waals surface area contributed by atoms with E-state index in [1.54, 1.807) is 0 Å². The molecule has 0 saturated heterocycles. The molecule has 0 aromatic heterocycles. The molecule has 1 atom stereocenters. The van der Waals surface area contributed by atoms with Gasteiger partial charge in [-0.3, -0.25) is 4.79 Å². The molecular weight excluding hydrogens is 253 g/mol. The lowest BCUT2D eigenvalue weighted by molar-refractivity contribution is -0.143. The van der Waals surface area contributed by atoms with Crippen LogP contribution in [0, 0.1) is 5.41 Å². The molecule has 1 aliphatic carbocycles. The van der Waals surface area contributed by atoms with Crippen molar-refractivity contribution in [1.82, 2.24) is 10.6 Å². The van der Waals surface area contributed by atoms with E-state index in [-0.39, 0.29) is 6.54 Å². The minimum atomic E-state index is -4.34. The van der Waals surface area contributed by atoms with Crippen molar-refractivity contribution in [3.63, 3.8) is 0 Å². The third-order valence-corrected chi connectivity index (χ3v) is 2.81. The molecule has 18 heavy (non-hydrogen) atoms. The highest BCUT2D eigenvalue weighted by molar-refractivity contribution is 5.80. The molecule has 8 heteroatoms. The summed E-state index contributed by atoms with van der Waals surface area (Å²) < 4.78 is 36.0. The first-order valence-corrected chi connectivity index (χ1v) is 5.49. The van der Waals surface area contributed by atoms with Crippen molar-refractivity contribution < 1.29 is 27.9 Å². The fourth-order valence-corrected chi connectivity index (χ4v) is 1.54. The van der Waals surface area contributed by atoms with Gasteiger partial charge in [-0.15, -0.1) is 0 Å². The predicted molar refractivity (Wildman–Crippen MR) is 56.0 cm³/mol. The Balaban J connectivity index is 2.28. The SMILES string of the molecule is CC(CC(F)(F)F)NC(=O)NCC1(C(=O)O)CC1. The van der Waals surface area contributed by atoms with Crippen molar-refractivity contribution in [2.45, 2.75) is 38.4 Å². The molecule has 0 aliphatic heterocycles. The standard InChI is InChI=1S/C10H15F3N2O3/c1-6(4-10(11,12)13)15-8(18)14-5-9(2-3-9)7(16)17/h6H,2-5H2,1H3,(H,16,17)(H2,14,15,18). The number of alkyl halides is 3. The van der Waals surface area contributed by atoms with Crippen LogP contribution in [-0.2, 0) is 4.79 Å². The Bertz CT molecular complexity index is 340. The van der Waals surface area contributed by atoms with Gasteiger partial charge in [-0.25, -0.2) is 4.79 Å². The van der Waals surface area contributed by atoms with Crippen LogP contribution < -0.4 is 10.6 Å². The molecule has 5 nitrogen and oxygen atoms in total. The third-order valence-electron chi connectivity index (χ3n) is 2.81. The number of carboxylic acid groups (broad SMARTS) is 1. The van der Waals surface area contributed by atoms with Crippen molar-refractivity contribution in [1.29, 1.82) is 0 Å². The maximum absolute atomic E-state index is 12.0. The summed E-state index contributed by atoms with van der Waals surface area (Å²) >= 11 is 0. The third kappa shape index (κ3) is 4.42. The minimum absolute atomic E-state index is 0.0626. The summed E-state index contributed by atoms with van der Waals surface area (Å²) in [5.74, 6) is -0.994. The lowest BCUT2D eigenvalue weighted by Crippen LogP contribution is -2.45. The lowest BCUT2D eigenvalue weighted by Gasteiger charge is -2.17. The van der Waals surface area contributed by atoms with Gasteiger partial charge in [-0.1, -0.05) is 0 Å². The number of hydrogen-bond acceptors (Lipinski definition) is 2. The lowest BCUT2D eigenvalue weighted by atomic mass is 10.1. The van der Waals surface area contributed by atoms with Crippen molar-refractivity contribution in [3.05, 3.63) is 0 Å². The highest BCUT2D eigenvalue weighted by atomic mass is 19.4. The second-order valence-corrected chi connectivity index (χ2v) is 4.63. The number of halogens is 3. The number of rotatable bonds is 5. The molecule has 1 saturated carbocycles. The van der Waals surface area contributed by atoms with Crippen LogP contribution in [0.5, 0.6) is 0 Å². The number of aliphatic carboxylic acids is 1. The van der Waals surface area contributed by atoms with Crippen molar-refractivity contribution in [2.75, 3.05) is 6.54 Å². The molecule has 0 radical (unpaired) electrons. The van der Waals surface area contributed by atoms with Gasteiger partial charge in [0.15, 0.2) is 0 Å². The average Bonchev–Trinajstić information content (AvgIpc) is 2.91. The maximum Gasteiger partial charge on any atom is 0.391 e. The molecule has 3 N–H and O–H groups in total. The van der Waals surface area contributed by atoms with Gasteiger partial charge in [0.1, 0.15) is 0 Å². The van der Waals surface area contributed by atoms with Gasteiger partial charge >= 0.3 is 18.2 Å². The van der Waals surface area contributed by atoms with Crippen LogP contribution in [0.25, 0.3) is 0 Å². The van der Waals surface area contributed by atoms with Gasteiger partial charge in [0, 0.05) is 12.6 Å². The molecule has 0 bridgehead atoms. The number of carbonyl (C=O) groups is 2. The van der Waals surface area contributed by atoms with E-state index in [2.05, 4.69) is 10.6 Å². The zero-order chi connectivity index (χ0) is 14.0. The number of carboxylic acids is 1. The van der Waals surface area contributed by atoms with E-state index in [0.29, 0.717) is 12.8 Å². The summed E-state index contributed by atoms with van der Waals surface area (Å²) in [7, 11) is 0. The van der Waals surface area contributed by atoms with Crippen LogP contribution in [0.4, 0.5) is 18.0 Å². The van der Waals surface area contributed by atoms with Crippen molar-refractivity contribution in [3.8, 4) is 0 Å². The van der Waals surface area contributed by atoms with Crippen LogP contribution >= 0.6 is 0 Å². The number of hydrogen-bond donors (Lipinski definition) is 3. The highest BCUT2D eigenvalue weighted by Gasteiger charge is 2.50. The normalized spacial score (nSPS) is 18.9. The van der Waals surface area contributed by atoms with Gasteiger partial charge in [0.25, 0.3) is 0 Å². The Morgan fingerprint density at radius 1 is 1.39 bits per heavy atom. The molecule has 1 fully saturated rings. The van der Waals surface area contributed by atoms with Crippen LogP contribution in [0.15, 0.2) is 0 Å². The molecule has 1 unspecified atom stereocenters. The van der Waals surface area contributed by atoms with E-state index in [4.69, 9.17) is 5.11 Å². The van der Waals surface area contributed by atoms with Gasteiger partial charge in [0.2, 0.25) is 0 Å². The summed E-state index contributed by atoms with van der Waals surface area (Å²) in [4.78, 5) is 22.0. The first kappa shape index (κ1) is 14.6. The number of amides is 2. The minimum Gasteiger partial charge on any atom is -0.481 e. The number of carbonyl (C=O) groups excluding carboxylic acids is 1. The molecule has 2 amide bonds. The molecule has 1 aliphatic rings. The number of urea groups is 1. The van der Waals surface area contributed by atoms with Crippen molar-refractivity contribution in [2.24, 2.45) is 5.41 Å². The Morgan fingerprint density at radius 3 is 2.33 bits per heavy atom. The Labute approximate surface area is 102 Å². The zero-order valence-corrected chi connectivity index (χ0v) is 9.80. The molecular formula is C10H15F3N2O3. The second-order valence-electron chi connectivity index (χ2n) is 4.63. The van der Waals surface area contributed by atoms with E-state index < -0.39 is 36.1 Å². The average molecular weight is 268 g/mol. The first-order valence-electron chi connectivity index (χ1n) is 5.49. The Hall–Kier alpha value is -1.47. The molecule has 0 aromatic carbocycles. The summed E-state index contributed by atoms with van der Waals surface area (Å²) in [6, 6.07) is -1.83. The topological polar surface area (TPSA) is 78.4 Å². The Kier molecular flexibility index (Phi) is 4.08. The zero-order valence-electron chi connectivity index (χ0n) is 9.80. The molecule has 0 heterocycles. The maximum atomic E-state index is 12.0. The van der Waals surface area contributed by atoms with E-state index in [9.17, 15) is 22.8 Å². The van der Waals surface area contributed by atoms with Crippen LogP contribution in [0.2, 0.25) is 0 Å². The second kappa shape index (κ2) is 5.03. The molecule has 104 valence electrons. The Morgan fingerprint density at radius 2 is 1.94 bits per heavy atom. The van der Waals surface area contributed by atoms with Gasteiger partial charge in [-0.2, -0.15) is 13.2 Å². The van der Waals surface area contributed by atoms with Crippen LogP contribution in [-0.4, -0.2) is 35.9 Å². The quantitative estimate of drug-likeness (QED) is 0.707. The molecule has 1 rings (SSSR count). The van der Waals surface area contributed by atoms with Gasteiger partial charge in [-0.05, 0) is 19.8 Å². The fraction of sp³-hybridized carbons (Fsp3) is 0.800. The van der Waals surface area contributed by atoms with E-state index >= 15 is 0 Å². The smallest absolute Gasteiger partial charge is 0.391 e.